The van der Waals surface area contributed by atoms with E-state index in [0.29, 0.717) is 11.8 Å². The molecule has 1 aliphatic heterocycles. The third-order valence-corrected chi connectivity index (χ3v) is 4.37. The summed E-state index contributed by atoms with van der Waals surface area (Å²) in [6.45, 7) is 3.82. The molecule has 0 fully saturated rings. The number of ether oxygens (including phenoxy) is 1. The van der Waals surface area contributed by atoms with E-state index in [9.17, 15) is 0 Å². The Morgan fingerprint density at radius 1 is 1.50 bits per heavy atom. The molecule has 16 heavy (non-hydrogen) atoms. The quantitative estimate of drug-likeness (QED) is 0.854. The van der Waals surface area contributed by atoms with Crippen molar-refractivity contribution in [2.45, 2.75) is 12.8 Å². The van der Waals surface area contributed by atoms with Gasteiger partial charge in [0.25, 0.3) is 0 Å². The Morgan fingerprint density at radius 2 is 2.31 bits per heavy atom. The molecule has 0 bridgehead atoms. The molecule has 0 saturated heterocycles. The molecular formula is C13H19NOS. The Bertz CT molecular complexity index is 342. The van der Waals surface area contributed by atoms with Gasteiger partial charge in [0.05, 0.1) is 6.61 Å². The maximum Gasteiger partial charge on any atom is 0.122 e. The van der Waals surface area contributed by atoms with Gasteiger partial charge in [-0.3, -0.25) is 0 Å². The van der Waals surface area contributed by atoms with E-state index in [1.54, 1.807) is 0 Å². The number of nitrogens with two attached hydrogens (primary N) is 1. The number of thioether (sulfide) groups is 1. The molecular weight excluding hydrogens is 218 g/mol. The van der Waals surface area contributed by atoms with Crippen molar-refractivity contribution in [2.75, 3.05) is 24.7 Å². The average Bonchev–Trinajstić information content (AvgIpc) is 2.73. The van der Waals surface area contributed by atoms with Crippen molar-refractivity contribution >= 4 is 11.8 Å². The average molecular weight is 237 g/mol. The van der Waals surface area contributed by atoms with Crippen LogP contribution in [0.5, 0.6) is 5.75 Å². The summed E-state index contributed by atoms with van der Waals surface area (Å²) in [5.41, 5.74) is 6.98. The molecule has 3 heteroatoms. The van der Waals surface area contributed by atoms with Gasteiger partial charge < -0.3 is 10.5 Å². The summed E-state index contributed by atoms with van der Waals surface area (Å²) < 4.78 is 5.66. The number of hydrogen-bond acceptors (Lipinski definition) is 3. The van der Waals surface area contributed by atoms with Gasteiger partial charge in [-0.15, -0.1) is 0 Å². The van der Waals surface area contributed by atoms with Crippen LogP contribution in [-0.4, -0.2) is 24.7 Å². The van der Waals surface area contributed by atoms with Crippen molar-refractivity contribution in [1.29, 1.82) is 0 Å². The highest BCUT2D eigenvalue weighted by Crippen LogP contribution is 2.35. The fourth-order valence-corrected chi connectivity index (χ4v) is 3.08. The summed E-state index contributed by atoms with van der Waals surface area (Å²) in [5.74, 6) is 4.53. The highest BCUT2D eigenvalue weighted by molar-refractivity contribution is 7.99. The van der Waals surface area contributed by atoms with Crippen molar-refractivity contribution in [3.8, 4) is 5.75 Å². The van der Waals surface area contributed by atoms with Gasteiger partial charge in [0.15, 0.2) is 0 Å². The molecule has 88 valence electrons. The Morgan fingerprint density at radius 3 is 3.12 bits per heavy atom. The minimum absolute atomic E-state index is 0.561. The third kappa shape index (κ3) is 2.71. The second kappa shape index (κ2) is 5.60. The standard InChI is InChI=1S/C13H19NOS/c1-10(6-14)8-16-9-11-7-15-13-5-3-2-4-12(11)13/h2-5,10-11H,6-9,14H2,1H3. The summed E-state index contributed by atoms with van der Waals surface area (Å²) in [7, 11) is 0. The van der Waals surface area contributed by atoms with Gasteiger partial charge in [-0.1, -0.05) is 25.1 Å². The van der Waals surface area contributed by atoms with Crippen LogP contribution in [0.1, 0.15) is 18.4 Å². The summed E-state index contributed by atoms with van der Waals surface area (Å²) in [5, 5.41) is 0. The van der Waals surface area contributed by atoms with Crippen LogP contribution in [0.2, 0.25) is 0 Å². The van der Waals surface area contributed by atoms with E-state index in [2.05, 4.69) is 25.1 Å². The summed E-state index contributed by atoms with van der Waals surface area (Å²) in [4.78, 5) is 0. The first-order valence-corrected chi connectivity index (χ1v) is 6.96. The predicted molar refractivity (Wildman–Crippen MR) is 70.2 cm³/mol. The van der Waals surface area contributed by atoms with E-state index in [4.69, 9.17) is 10.5 Å². The summed E-state index contributed by atoms with van der Waals surface area (Å²) in [6.07, 6.45) is 0. The van der Waals surface area contributed by atoms with Crippen molar-refractivity contribution in [3.05, 3.63) is 29.8 Å². The zero-order valence-electron chi connectivity index (χ0n) is 9.69. The zero-order valence-corrected chi connectivity index (χ0v) is 10.5. The van der Waals surface area contributed by atoms with Gasteiger partial charge in [-0.2, -0.15) is 11.8 Å². The molecule has 1 heterocycles. The zero-order chi connectivity index (χ0) is 11.4. The second-order valence-corrected chi connectivity index (χ2v) is 5.50. The molecule has 0 amide bonds. The maximum absolute atomic E-state index is 5.66. The lowest BCUT2D eigenvalue weighted by atomic mass is 10.0. The van der Waals surface area contributed by atoms with Gasteiger partial charge in [-0.05, 0) is 24.3 Å². The van der Waals surface area contributed by atoms with Crippen molar-refractivity contribution in [2.24, 2.45) is 11.7 Å². The molecule has 2 unspecified atom stereocenters. The highest BCUT2D eigenvalue weighted by atomic mass is 32.2. The molecule has 2 atom stereocenters. The number of benzene rings is 1. The lowest BCUT2D eigenvalue weighted by molar-refractivity contribution is 0.338. The van der Waals surface area contributed by atoms with E-state index in [0.717, 1.165) is 30.4 Å². The number of para-hydroxylation sites is 1. The smallest absolute Gasteiger partial charge is 0.122 e. The number of hydrogen-bond donors (Lipinski definition) is 1. The molecule has 0 saturated carbocycles. The third-order valence-electron chi connectivity index (χ3n) is 2.92. The van der Waals surface area contributed by atoms with Crippen molar-refractivity contribution in [3.63, 3.8) is 0 Å². The molecule has 2 rings (SSSR count). The molecule has 0 spiro atoms. The largest absolute Gasteiger partial charge is 0.493 e. The normalized spacial score (nSPS) is 20.2. The first-order valence-electron chi connectivity index (χ1n) is 5.80. The maximum atomic E-state index is 5.66. The van der Waals surface area contributed by atoms with Gasteiger partial charge >= 0.3 is 0 Å². The molecule has 1 aromatic rings. The summed E-state index contributed by atoms with van der Waals surface area (Å²) >= 11 is 1.99. The van der Waals surface area contributed by atoms with E-state index in [-0.39, 0.29) is 0 Å². The Hall–Kier alpha value is -0.670. The minimum Gasteiger partial charge on any atom is -0.493 e. The van der Waals surface area contributed by atoms with E-state index < -0.39 is 0 Å². The molecule has 0 radical (unpaired) electrons. The molecule has 0 aliphatic carbocycles. The Kier molecular flexibility index (Phi) is 4.13. The van der Waals surface area contributed by atoms with Crippen LogP contribution < -0.4 is 10.5 Å². The monoisotopic (exact) mass is 237 g/mol. The van der Waals surface area contributed by atoms with Crippen LogP contribution in [0.15, 0.2) is 24.3 Å². The molecule has 1 aromatic carbocycles. The molecule has 2 N–H and O–H groups in total. The van der Waals surface area contributed by atoms with Crippen LogP contribution in [0.25, 0.3) is 0 Å². The highest BCUT2D eigenvalue weighted by Gasteiger charge is 2.23. The number of rotatable bonds is 5. The molecule has 2 nitrogen and oxygen atoms in total. The van der Waals surface area contributed by atoms with Crippen LogP contribution in [0, 0.1) is 5.92 Å². The van der Waals surface area contributed by atoms with Crippen LogP contribution >= 0.6 is 11.8 Å². The van der Waals surface area contributed by atoms with E-state index in [1.165, 1.54) is 5.56 Å². The van der Waals surface area contributed by atoms with E-state index in [1.807, 2.05) is 17.8 Å². The van der Waals surface area contributed by atoms with Crippen LogP contribution in [-0.2, 0) is 0 Å². The lowest BCUT2D eigenvalue weighted by Crippen LogP contribution is -2.14. The fourth-order valence-electron chi connectivity index (χ4n) is 1.85. The molecule has 0 aromatic heterocycles. The Balaban J connectivity index is 1.84. The first kappa shape index (κ1) is 11.8. The van der Waals surface area contributed by atoms with Crippen LogP contribution in [0.4, 0.5) is 0 Å². The van der Waals surface area contributed by atoms with Crippen molar-refractivity contribution < 1.29 is 4.74 Å². The first-order chi connectivity index (χ1) is 7.81. The number of fused-ring (bicyclic) bond motifs is 1. The topological polar surface area (TPSA) is 35.2 Å². The Labute approximate surface area is 102 Å². The lowest BCUT2D eigenvalue weighted by Gasteiger charge is -2.11. The molecule has 1 aliphatic rings. The summed E-state index contributed by atoms with van der Waals surface area (Å²) in [6, 6.07) is 8.36. The van der Waals surface area contributed by atoms with Gasteiger partial charge in [0.1, 0.15) is 5.75 Å². The van der Waals surface area contributed by atoms with Crippen LogP contribution in [0.3, 0.4) is 0 Å². The second-order valence-electron chi connectivity index (χ2n) is 4.42. The van der Waals surface area contributed by atoms with Gasteiger partial charge in [-0.25, -0.2) is 0 Å². The SMILES string of the molecule is CC(CN)CSCC1COc2ccccc21. The van der Waals surface area contributed by atoms with Gasteiger partial charge in [0, 0.05) is 17.2 Å². The van der Waals surface area contributed by atoms with Crippen molar-refractivity contribution in [1.82, 2.24) is 0 Å². The van der Waals surface area contributed by atoms with E-state index >= 15 is 0 Å². The predicted octanol–water partition coefficient (Wildman–Crippen LogP) is 2.49. The fraction of sp³-hybridized carbons (Fsp3) is 0.538. The van der Waals surface area contributed by atoms with Gasteiger partial charge in [0.2, 0.25) is 0 Å². The minimum atomic E-state index is 0.561.